The minimum atomic E-state index is 0.597. The molecule has 0 heterocycles. The minimum absolute atomic E-state index is 0.597. The van der Waals surface area contributed by atoms with Crippen molar-refractivity contribution in [1.29, 1.82) is 0 Å². The number of rotatable bonds is 3. The zero-order chi connectivity index (χ0) is 17.6. The summed E-state index contributed by atoms with van der Waals surface area (Å²) < 4.78 is 0. The van der Waals surface area contributed by atoms with Crippen LogP contribution in [0, 0.1) is 0 Å². The van der Waals surface area contributed by atoms with Crippen molar-refractivity contribution < 1.29 is 0 Å². The van der Waals surface area contributed by atoms with Gasteiger partial charge in [-0.15, -0.1) is 0 Å². The summed E-state index contributed by atoms with van der Waals surface area (Å²) in [6, 6.07) is 8.14. The molecule has 1 aromatic rings. The summed E-state index contributed by atoms with van der Waals surface area (Å²) >= 11 is 0. The molecule has 0 aliphatic heterocycles. The fourth-order valence-electron chi connectivity index (χ4n) is 2.30. The van der Waals surface area contributed by atoms with Crippen molar-refractivity contribution in [3.8, 4) is 0 Å². The first kappa shape index (κ1) is 18.8. The number of para-hydroxylation sites is 1. The molecule has 0 bridgehead atoms. The molecule has 0 fully saturated rings. The van der Waals surface area contributed by atoms with Gasteiger partial charge in [-0.05, 0) is 11.6 Å². The molecular weight excluding hydrogens is 288 g/mol. The fourth-order valence-corrected chi connectivity index (χ4v) is 2.30. The molecule has 1 aromatic carbocycles. The Hall–Kier alpha value is -2.24. The second-order valence-electron chi connectivity index (χ2n) is 6.23. The molecule has 0 radical (unpaired) electrons. The van der Waals surface area contributed by atoms with Gasteiger partial charge < -0.3 is 19.6 Å². The van der Waals surface area contributed by atoms with Gasteiger partial charge in [0.15, 0.2) is 5.96 Å². The first-order valence-electron chi connectivity index (χ1n) is 7.64. The molecule has 0 aromatic heterocycles. The highest BCUT2D eigenvalue weighted by atomic mass is 15.3. The van der Waals surface area contributed by atoms with E-state index >= 15 is 0 Å². The fraction of sp³-hybridized carbons (Fsp3) is 0.529. The van der Waals surface area contributed by atoms with Crippen LogP contribution in [0.5, 0.6) is 0 Å². The molecule has 0 aliphatic carbocycles. The zero-order valence-corrected chi connectivity index (χ0v) is 15.7. The number of aliphatic imine (C=N–C) groups is 2. The Morgan fingerprint density at radius 3 is 1.70 bits per heavy atom. The molecule has 6 nitrogen and oxygen atoms in total. The minimum Gasteiger partial charge on any atom is -0.349 e. The van der Waals surface area contributed by atoms with E-state index < -0.39 is 0 Å². The summed E-state index contributed by atoms with van der Waals surface area (Å²) in [4.78, 5) is 17.6. The van der Waals surface area contributed by atoms with E-state index in [9.17, 15) is 0 Å². The molecule has 0 spiro atoms. The zero-order valence-electron chi connectivity index (χ0n) is 15.7. The van der Waals surface area contributed by atoms with Crippen molar-refractivity contribution in [2.24, 2.45) is 9.98 Å². The van der Waals surface area contributed by atoms with Gasteiger partial charge in [-0.25, -0.2) is 9.98 Å². The van der Waals surface area contributed by atoms with E-state index in [-0.39, 0.29) is 0 Å². The lowest BCUT2D eigenvalue weighted by molar-refractivity contribution is 0.479. The summed E-state index contributed by atoms with van der Waals surface area (Å²) in [6.07, 6.45) is 0. The molecule has 0 saturated carbocycles. The lowest BCUT2D eigenvalue weighted by atomic mass is 10.2. The highest BCUT2D eigenvalue weighted by Gasteiger charge is 2.09. The Kier molecular flexibility index (Phi) is 6.88. The highest BCUT2D eigenvalue weighted by Crippen LogP contribution is 2.20. The third-order valence-corrected chi connectivity index (χ3v) is 3.20. The molecule has 23 heavy (non-hydrogen) atoms. The smallest absolute Gasteiger partial charge is 0.200 e. The van der Waals surface area contributed by atoms with E-state index in [1.165, 1.54) is 0 Å². The van der Waals surface area contributed by atoms with Gasteiger partial charge in [0.1, 0.15) is 0 Å². The second kappa shape index (κ2) is 8.41. The van der Waals surface area contributed by atoms with Crippen molar-refractivity contribution >= 4 is 17.6 Å². The van der Waals surface area contributed by atoms with Crippen LogP contribution in [0.25, 0.3) is 0 Å². The van der Waals surface area contributed by atoms with Crippen LogP contribution in [0.3, 0.4) is 0 Å². The predicted molar refractivity (Wildman–Crippen MR) is 99.4 cm³/mol. The molecule has 0 saturated heterocycles. The van der Waals surface area contributed by atoms with Crippen LogP contribution in [-0.2, 0) is 6.54 Å². The Labute approximate surface area is 140 Å². The van der Waals surface area contributed by atoms with Crippen molar-refractivity contribution in [1.82, 2.24) is 19.6 Å². The van der Waals surface area contributed by atoms with Crippen molar-refractivity contribution in [2.75, 3.05) is 56.4 Å². The Morgan fingerprint density at radius 2 is 1.22 bits per heavy atom. The van der Waals surface area contributed by atoms with Crippen LogP contribution in [-0.4, -0.2) is 87.9 Å². The highest BCUT2D eigenvalue weighted by molar-refractivity contribution is 5.82. The maximum atomic E-state index is 4.80. The molecule has 0 N–H and O–H groups in total. The standard InChI is InChI=1S/C17H30N6/c1-20(2)16(21(3)4)18-13-14-11-9-10-12-15(14)19-17(22(5)6)23(7)8/h9-12H,13H2,1-8H3. The van der Waals surface area contributed by atoms with Crippen LogP contribution in [0.1, 0.15) is 5.56 Å². The monoisotopic (exact) mass is 318 g/mol. The quantitative estimate of drug-likeness (QED) is 0.629. The van der Waals surface area contributed by atoms with E-state index in [2.05, 4.69) is 6.07 Å². The molecule has 0 unspecified atom stereocenters. The van der Waals surface area contributed by atoms with E-state index in [0.717, 1.165) is 23.2 Å². The lowest BCUT2D eigenvalue weighted by Crippen LogP contribution is -2.35. The van der Waals surface area contributed by atoms with E-state index in [0.29, 0.717) is 6.54 Å². The van der Waals surface area contributed by atoms with Gasteiger partial charge in [0.25, 0.3) is 0 Å². The summed E-state index contributed by atoms with van der Waals surface area (Å²) in [5.41, 5.74) is 2.06. The van der Waals surface area contributed by atoms with Crippen molar-refractivity contribution in [3.63, 3.8) is 0 Å². The van der Waals surface area contributed by atoms with Gasteiger partial charge in [-0.3, -0.25) is 0 Å². The third-order valence-electron chi connectivity index (χ3n) is 3.20. The summed E-state index contributed by atoms with van der Waals surface area (Å²) in [5.74, 6) is 1.84. The van der Waals surface area contributed by atoms with Crippen LogP contribution in [0.2, 0.25) is 0 Å². The van der Waals surface area contributed by atoms with Crippen molar-refractivity contribution in [2.45, 2.75) is 6.54 Å². The molecule has 1 rings (SSSR count). The van der Waals surface area contributed by atoms with E-state index in [4.69, 9.17) is 9.98 Å². The average molecular weight is 318 g/mol. The number of guanidine groups is 2. The number of benzene rings is 1. The predicted octanol–water partition coefficient (Wildman–Crippen LogP) is 1.78. The van der Waals surface area contributed by atoms with Gasteiger partial charge in [0.2, 0.25) is 5.96 Å². The third kappa shape index (κ3) is 5.47. The number of nitrogens with zero attached hydrogens (tertiary/aromatic N) is 6. The lowest BCUT2D eigenvalue weighted by Gasteiger charge is -2.23. The van der Waals surface area contributed by atoms with Crippen LogP contribution < -0.4 is 0 Å². The molecule has 0 amide bonds. The number of hydrogen-bond donors (Lipinski definition) is 0. The van der Waals surface area contributed by atoms with Gasteiger partial charge >= 0.3 is 0 Å². The maximum Gasteiger partial charge on any atom is 0.200 e. The van der Waals surface area contributed by atoms with Gasteiger partial charge in [0.05, 0.1) is 12.2 Å². The molecular formula is C17H30N6. The summed E-state index contributed by atoms with van der Waals surface area (Å²) in [7, 11) is 16.0. The molecule has 0 aliphatic rings. The van der Waals surface area contributed by atoms with E-state index in [1.54, 1.807) is 0 Å². The van der Waals surface area contributed by atoms with Crippen LogP contribution in [0.15, 0.2) is 34.3 Å². The maximum absolute atomic E-state index is 4.80. The van der Waals surface area contributed by atoms with E-state index in [1.807, 2.05) is 94.2 Å². The Bertz CT molecular complexity index is 538. The first-order valence-corrected chi connectivity index (χ1v) is 7.64. The first-order chi connectivity index (χ1) is 10.7. The Balaban J connectivity index is 3.16. The van der Waals surface area contributed by atoms with Crippen molar-refractivity contribution in [3.05, 3.63) is 29.8 Å². The Morgan fingerprint density at radius 1 is 0.739 bits per heavy atom. The normalized spacial score (nSPS) is 9.91. The van der Waals surface area contributed by atoms with Gasteiger partial charge in [-0.1, -0.05) is 18.2 Å². The largest absolute Gasteiger partial charge is 0.349 e. The van der Waals surface area contributed by atoms with Crippen LogP contribution >= 0.6 is 0 Å². The van der Waals surface area contributed by atoms with Gasteiger partial charge in [0, 0.05) is 56.4 Å². The summed E-state index contributed by atoms with van der Waals surface area (Å²) in [6.45, 7) is 0.597. The molecule has 128 valence electrons. The average Bonchev–Trinajstić information content (AvgIpc) is 2.44. The van der Waals surface area contributed by atoms with Crippen LogP contribution in [0.4, 0.5) is 5.69 Å². The van der Waals surface area contributed by atoms with Gasteiger partial charge in [-0.2, -0.15) is 0 Å². The topological polar surface area (TPSA) is 37.7 Å². The second-order valence-corrected chi connectivity index (χ2v) is 6.23. The summed E-state index contributed by atoms with van der Waals surface area (Å²) in [5, 5.41) is 0. The SMILES string of the molecule is CN(C)C(=NCc1ccccc1N=C(N(C)C)N(C)C)N(C)C. The molecule has 6 heteroatoms. The molecule has 0 atom stereocenters. The number of hydrogen-bond acceptors (Lipinski definition) is 2.